The third-order valence-corrected chi connectivity index (χ3v) is 5.29. The molecule has 1 aliphatic rings. The minimum absolute atomic E-state index is 0.0843. The largest absolute Gasteiger partial charge is 0.357 e. The van der Waals surface area contributed by atoms with Gasteiger partial charge in [-0.25, -0.2) is 0 Å². The zero-order chi connectivity index (χ0) is 21.3. The molecule has 0 spiro atoms. The van der Waals surface area contributed by atoms with Crippen LogP contribution in [0.25, 0.3) is 0 Å². The SMILES string of the molecule is CCNC(=NCC1(C(=O)N(C)C)CCCC1)NCCNC(=O)c1cccc(C)c1. The molecule has 1 aromatic rings. The number of nitrogens with zero attached hydrogens (tertiary/aromatic N) is 2. The Morgan fingerprint density at radius 3 is 2.41 bits per heavy atom. The van der Waals surface area contributed by atoms with E-state index >= 15 is 0 Å². The number of benzene rings is 1. The Kier molecular flexibility index (Phi) is 8.49. The highest BCUT2D eigenvalue weighted by atomic mass is 16.2. The van der Waals surface area contributed by atoms with Gasteiger partial charge in [0.25, 0.3) is 5.91 Å². The quantitative estimate of drug-likeness (QED) is 0.353. The molecule has 1 fully saturated rings. The first-order valence-corrected chi connectivity index (χ1v) is 10.5. The van der Waals surface area contributed by atoms with E-state index in [2.05, 4.69) is 16.0 Å². The molecule has 0 saturated heterocycles. The van der Waals surface area contributed by atoms with Crippen LogP contribution >= 0.6 is 0 Å². The van der Waals surface area contributed by atoms with E-state index in [1.54, 1.807) is 4.90 Å². The molecular formula is C22H35N5O2. The normalized spacial score (nSPS) is 15.7. The van der Waals surface area contributed by atoms with Gasteiger partial charge in [0.15, 0.2) is 5.96 Å². The van der Waals surface area contributed by atoms with E-state index in [0.717, 1.165) is 37.8 Å². The fourth-order valence-corrected chi connectivity index (χ4v) is 3.78. The van der Waals surface area contributed by atoms with E-state index in [-0.39, 0.29) is 17.2 Å². The molecule has 2 amide bonds. The predicted octanol–water partition coefficient (Wildman–Crippen LogP) is 1.93. The molecule has 0 radical (unpaired) electrons. The summed E-state index contributed by atoms with van der Waals surface area (Å²) < 4.78 is 0. The van der Waals surface area contributed by atoms with Crippen LogP contribution < -0.4 is 16.0 Å². The van der Waals surface area contributed by atoms with Crippen molar-refractivity contribution in [3.8, 4) is 0 Å². The number of rotatable bonds is 8. The number of hydrogen-bond acceptors (Lipinski definition) is 3. The number of nitrogens with one attached hydrogen (secondary N) is 3. The maximum Gasteiger partial charge on any atom is 0.251 e. The van der Waals surface area contributed by atoms with Crippen LogP contribution in [0.15, 0.2) is 29.3 Å². The standard InChI is InChI=1S/C22H35N5O2/c1-5-23-21(26-16-22(11-6-7-12-22)20(29)27(3)4)25-14-13-24-19(28)18-10-8-9-17(2)15-18/h8-10,15H,5-7,11-14,16H2,1-4H3,(H,24,28)(H2,23,25,26). The van der Waals surface area contributed by atoms with Gasteiger partial charge in [-0.1, -0.05) is 30.5 Å². The summed E-state index contributed by atoms with van der Waals surface area (Å²) in [5, 5.41) is 9.38. The zero-order valence-corrected chi connectivity index (χ0v) is 18.2. The maximum atomic E-state index is 12.7. The summed E-state index contributed by atoms with van der Waals surface area (Å²) in [5.41, 5.74) is 1.34. The maximum absolute atomic E-state index is 12.7. The van der Waals surface area contributed by atoms with Gasteiger partial charge in [-0.3, -0.25) is 14.6 Å². The van der Waals surface area contributed by atoms with Crippen molar-refractivity contribution in [2.75, 3.05) is 40.3 Å². The van der Waals surface area contributed by atoms with Gasteiger partial charge in [0.2, 0.25) is 5.91 Å². The molecule has 0 aliphatic heterocycles. The van der Waals surface area contributed by atoms with Crippen LogP contribution in [0.1, 0.15) is 48.5 Å². The monoisotopic (exact) mass is 401 g/mol. The molecule has 7 nitrogen and oxygen atoms in total. The molecule has 29 heavy (non-hydrogen) atoms. The highest BCUT2D eigenvalue weighted by Crippen LogP contribution is 2.39. The van der Waals surface area contributed by atoms with E-state index in [9.17, 15) is 9.59 Å². The Labute approximate surface area is 174 Å². The van der Waals surface area contributed by atoms with E-state index in [4.69, 9.17) is 4.99 Å². The molecule has 0 bridgehead atoms. The van der Waals surface area contributed by atoms with Gasteiger partial charge in [0, 0.05) is 39.3 Å². The summed E-state index contributed by atoms with van der Waals surface area (Å²) in [5.74, 6) is 0.758. The average Bonchev–Trinajstić information content (AvgIpc) is 3.18. The third-order valence-electron chi connectivity index (χ3n) is 5.29. The van der Waals surface area contributed by atoms with Crippen molar-refractivity contribution in [1.29, 1.82) is 0 Å². The zero-order valence-electron chi connectivity index (χ0n) is 18.2. The van der Waals surface area contributed by atoms with Crippen molar-refractivity contribution in [3.05, 3.63) is 35.4 Å². The van der Waals surface area contributed by atoms with Gasteiger partial charge < -0.3 is 20.9 Å². The van der Waals surface area contributed by atoms with Crippen molar-refractivity contribution in [1.82, 2.24) is 20.9 Å². The molecule has 0 heterocycles. The molecule has 0 unspecified atom stereocenters. The van der Waals surface area contributed by atoms with Crippen molar-refractivity contribution in [2.45, 2.75) is 39.5 Å². The first kappa shape index (κ1) is 22.7. The molecule has 3 N–H and O–H groups in total. The summed E-state index contributed by atoms with van der Waals surface area (Å²) in [6, 6.07) is 7.53. The molecule has 1 aromatic carbocycles. The molecule has 1 saturated carbocycles. The van der Waals surface area contributed by atoms with Gasteiger partial charge in [-0.2, -0.15) is 0 Å². The molecule has 0 atom stereocenters. The molecule has 1 aliphatic carbocycles. The second kappa shape index (κ2) is 10.8. The van der Waals surface area contributed by atoms with Crippen molar-refractivity contribution in [3.63, 3.8) is 0 Å². The minimum atomic E-state index is -0.384. The second-order valence-corrected chi connectivity index (χ2v) is 7.93. The predicted molar refractivity (Wildman–Crippen MR) is 117 cm³/mol. The lowest BCUT2D eigenvalue weighted by Crippen LogP contribution is -2.44. The summed E-state index contributed by atoms with van der Waals surface area (Å²) in [6.07, 6.45) is 3.92. The number of carbonyl (C=O) groups excluding carboxylic acids is 2. The Balaban J connectivity index is 1.88. The van der Waals surface area contributed by atoms with Crippen LogP contribution in [0, 0.1) is 12.3 Å². The molecule has 2 rings (SSSR count). The van der Waals surface area contributed by atoms with Crippen LogP contribution in [0.4, 0.5) is 0 Å². The fraction of sp³-hybridized carbons (Fsp3) is 0.591. The smallest absolute Gasteiger partial charge is 0.251 e. The fourth-order valence-electron chi connectivity index (χ4n) is 3.78. The molecule has 0 aromatic heterocycles. The first-order valence-electron chi connectivity index (χ1n) is 10.5. The van der Waals surface area contributed by atoms with Gasteiger partial charge in [0.05, 0.1) is 12.0 Å². The number of amides is 2. The average molecular weight is 402 g/mol. The van der Waals surface area contributed by atoms with Crippen LogP contribution in [-0.4, -0.2) is 62.9 Å². The number of carbonyl (C=O) groups is 2. The van der Waals surface area contributed by atoms with E-state index < -0.39 is 0 Å². The van der Waals surface area contributed by atoms with Crippen LogP contribution in [0.3, 0.4) is 0 Å². The second-order valence-electron chi connectivity index (χ2n) is 7.93. The van der Waals surface area contributed by atoms with Gasteiger partial charge in [-0.05, 0) is 38.8 Å². The Bertz CT molecular complexity index is 724. The van der Waals surface area contributed by atoms with E-state index in [1.807, 2.05) is 52.2 Å². The first-order chi connectivity index (χ1) is 13.9. The van der Waals surface area contributed by atoms with E-state index in [1.165, 1.54) is 0 Å². The van der Waals surface area contributed by atoms with Crippen LogP contribution in [0.5, 0.6) is 0 Å². The Morgan fingerprint density at radius 2 is 1.79 bits per heavy atom. The lowest BCUT2D eigenvalue weighted by Gasteiger charge is -2.29. The van der Waals surface area contributed by atoms with Gasteiger partial charge in [-0.15, -0.1) is 0 Å². The summed E-state index contributed by atoms with van der Waals surface area (Å²) in [6.45, 7) is 6.23. The van der Waals surface area contributed by atoms with E-state index in [0.29, 0.717) is 31.2 Å². The van der Waals surface area contributed by atoms with Crippen molar-refractivity contribution < 1.29 is 9.59 Å². The highest BCUT2D eigenvalue weighted by molar-refractivity contribution is 5.94. The number of hydrogen-bond donors (Lipinski definition) is 3. The third kappa shape index (κ3) is 6.48. The lowest BCUT2D eigenvalue weighted by atomic mass is 9.85. The van der Waals surface area contributed by atoms with Crippen LogP contribution in [-0.2, 0) is 4.79 Å². The summed E-state index contributed by atoms with van der Waals surface area (Å²) >= 11 is 0. The summed E-state index contributed by atoms with van der Waals surface area (Å²) in [7, 11) is 3.62. The van der Waals surface area contributed by atoms with Gasteiger partial charge in [0.1, 0.15) is 0 Å². The lowest BCUT2D eigenvalue weighted by molar-refractivity contribution is -0.138. The van der Waals surface area contributed by atoms with Gasteiger partial charge >= 0.3 is 0 Å². The Hall–Kier alpha value is -2.57. The molecular weight excluding hydrogens is 366 g/mol. The minimum Gasteiger partial charge on any atom is -0.357 e. The highest BCUT2D eigenvalue weighted by Gasteiger charge is 2.42. The number of guanidine groups is 1. The molecule has 160 valence electrons. The van der Waals surface area contributed by atoms with Crippen molar-refractivity contribution in [2.24, 2.45) is 10.4 Å². The number of aryl methyl sites for hydroxylation is 1. The summed E-state index contributed by atoms with van der Waals surface area (Å²) in [4.78, 5) is 31.3. The number of aliphatic imine (C=N–C) groups is 1. The van der Waals surface area contributed by atoms with Crippen molar-refractivity contribution >= 4 is 17.8 Å². The Morgan fingerprint density at radius 1 is 1.10 bits per heavy atom. The molecule has 7 heteroatoms. The van der Waals surface area contributed by atoms with Crippen LogP contribution in [0.2, 0.25) is 0 Å². The topological polar surface area (TPSA) is 85.8 Å².